The highest BCUT2D eigenvalue weighted by Gasteiger charge is 2.18. The van der Waals surface area contributed by atoms with Gasteiger partial charge in [-0.15, -0.1) is 0 Å². The highest BCUT2D eigenvalue weighted by Crippen LogP contribution is 2.22. The van der Waals surface area contributed by atoms with Gasteiger partial charge >= 0.3 is 0 Å². The van der Waals surface area contributed by atoms with Crippen LogP contribution in [0.25, 0.3) is 16.6 Å². The average Bonchev–Trinajstić information content (AvgIpc) is 2.62. The van der Waals surface area contributed by atoms with Gasteiger partial charge in [-0.05, 0) is 49.7 Å². The quantitative estimate of drug-likeness (QED) is 0.717. The number of benzene rings is 2. The SMILES string of the molecule is CC(C)CN[C@@H](C)c1nc2ccccc2c(=O)n1-c1ccc(F)c(Cl)c1. The molecule has 0 unspecified atom stereocenters. The van der Waals surface area contributed by atoms with E-state index in [1.54, 1.807) is 12.1 Å². The minimum atomic E-state index is -0.523. The Hall–Kier alpha value is -2.24. The normalized spacial score (nSPS) is 12.7. The Morgan fingerprint density at radius 1 is 1.19 bits per heavy atom. The van der Waals surface area contributed by atoms with E-state index in [1.165, 1.54) is 22.8 Å². The summed E-state index contributed by atoms with van der Waals surface area (Å²) < 4.78 is 15.1. The van der Waals surface area contributed by atoms with Crippen molar-refractivity contribution in [3.05, 3.63) is 69.5 Å². The molecule has 3 aromatic rings. The van der Waals surface area contributed by atoms with Gasteiger partial charge in [0.25, 0.3) is 5.56 Å². The van der Waals surface area contributed by atoms with E-state index in [0.29, 0.717) is 28.3 Å². The van der Waals surface area contributed by atoms with Gasteiger partial charge in [0.2, 0.25) is 0 Å². The molecule has 26 heavy (non-hydrogen) atoms. The van der Waals surface area contributed by atoms with Crippen molar-refractivity contribution in [2.24, 2.45) is 5.92 Å². The Bertz CT molecular complexity index is 1000. The molecule has 0 bridgehead atoms. The van der Waals surface area contributed by atoms with Crippen molar-refractivity contribution in [2.45, 2.75) is 26.8 Å². The third kappa shape index (κ3) is 3.64. The number of fused-ring (bicyclic) bond motifs is 1. The Balaban J connectivity index is 2.23. The number of hydrogen-bond acceptors (Lipinski definition) is 3. The van der Waals surface area contributed by atoms with Crippen LogP contribution in [0, 0.1) is 11.7 Å². The Labute approximate surface area is 156 Å². The first kappa shape index (κ1) is 18.5. The maximum atomic E-state index is 13.6. The van der Waals surface area contributed by atoms with Gasteiger partial charge in [0.1, 0.15) is 11.6 Å². The minimum absolute atomic E-state index is 0.0312. The zero-order valence-electron chi connectivity index (χ0n) is 15.0. The number of rotatable bonds is 5. The smallest absolute Gasteiger partial charge is 0.266 e. The second-order valence-electron chi connectivity index (χ2n) is 6.75. The number of halogens is 2. The third-order valence-corrected chi connectivity index (χ3v) is 4.47. The van der Waals surface area contributed by atoms with Crippen LogP contribution in [0.2, 0.25) is 5.02 Å². The van der Waals surface area contributed by atoms with Crippen molar-refractivity contribution >= 4 is 22.5 Å². The zero-order valence-corrected chi connectivity index (χ0v) is 15.7. The predicted octanol–water partition coefficient (Wildman–Crippen LogP) is 4.48. The highest BCUT2D eigenvalue weighted by molar-refractivity contribution is 6.30. The second kappa shape index (κ2) is 7.56. The molecule has 0 aliphatic rings. The first-order chi connectivity index (χ1) is 12.4. The van der Waals surface area contributed by atoms with Crippen molar-refractivity contribution in [2.75, 3.05) is 6.54 Å². The van der Waals surface area contributed by atoms with Crippen molar-refractivity contribution < 1.29 is 4.39 Å². The van der Waals surface area contributed by atoms with Gasteiger partial charge in [0.05, 0.1) is 27.7 Å². The van der Waals surface area contributed by atoms with E-state index in [9.17, 15) is 9.18 Å². The fourth-order valence-corrected chi connectivity index (χ4v) is 2.99. The van der Waals surface area contributed by atoms with Crippen LogP contribution in [-0.2, 0) is 0 Å². The topological polar surface area (TPSA) is 46.9 Å². The lowest BCUT2D eigenvalue weighted by molar-refractivity contribution is 0.475. The van der Waals surface area contributed by atoms with Gasteiger partial charge in [-0.2, -0.15) is 0 Å². The summed E-state index contributed by atoms with van der Waals surface area (Å²) >= 11 is 5.94. The van der Waals surface area contributed by atoms with E-state index in [2.05, 4.69) is 19.2 Å². The fourth-order valence-electron chi connectivity index (χ4n) is 2.82. The number of hydrogen-bond donors (Lipinski definition) is 1. The monoisotopic (exact) mass is 373 g/mol. The summed E-state index contributed by atoms with van der Waals surface area (Å²) in [4.78, 5) is 17.9. The van der Waals surface area contributed by atoms with Gasteiger partial charge in [0, 0.05) is 0 Å². The number of nitrogens with one attached hydrogen (secondary N) is 1. The molecule has 1 aromatic heterocycles. The number of para-hydroxylation sites is 1. The summed E-state index contributed by atoms with van der Waals surface area (Å²) in [7, 11) is 0. The molecule has 0 radical (unpaired) electrons. The standard InChI is InChI=1S/C20H21ClFN3O/c1-12(2)11-23-13(3)19-24-18-7-5-4-6-15(18)20(26)25(19)14-8-9-17(22)16(21)10-14/h4-10,12-13,23H,11H2,1-3H3/t13-/m0/s1. The molecule has 6 heteroatoms. The largest absolute Gasteiger partial charge is 0.307 e. The first-order valence-electron chi connectivity index (χ1n) is 8.59. The number of nitrogens with zero attached hydrogens (tertiary/aromatic N) is 2. The van der Waals surface area contributed by atoms with Gasteiger partial charge < -0.3 is 5.32 Å². The zero-order chi connectivity index (χ0) is 18.8. The van der Waals surface area contributed by atoms with Crippen molar-refractivity contribution in [1.29, 1.82) is 0 Å². The molecule has 1 N–H and O–H groups in total. The molecule has 0 aliphatic carbocycles. The highest BCUT2D eigenvalue weighted by atomic mass is 35.5. The maximum absolute atomic E-state index is 13.6. The molecule has 1 heterocycles. The van der Waals surface area contributed by atoms with Crippen molar-refractivity contribution in [3.8, 4) is 5.69 Å². The third-order valence-electron chi connectivity index (χ3n) is 4.18. The van der Waals surface area contributed by atoms with Crippen LogP contribution in [0.4, 0.5) is 4.39 Å². The molecule has 4 nitrogen and oxygen atoms in total. The minimum Gasteiger partial charge on any atom is -0.307 e. The molecule has 136 valence electrons. The Morgan fingerprint density at radius 3 is 2.62 bits per heavy atom. The van der Waals surface area contributed by atoms with E-state index >= 15 is 0 Å². The molecule has 0 amide bonds. The van der Waals surface area contributed by atoms with E-state index in [1.807, 2.05) is 19.1 Å². The van der Waals surface area contributed by atoms with E-state index in [4.69, 9.17) is 16.6 Å². The van der Waals surface area contributed by atoms with Crippen LogP contribution in [0.1, 0.15) is 32.6 Å². The first-order valence-corrected chi connectivity index (χ1v) is 8.96. The van der Waals surface area contributed by atoms with Crippen molar-refractivity contribution in [1.82, 2.24) is 14.9 Å². The van der Waals surface area contributed by atoms with Crippen LogP contribution in [0.5, 0.6) is 0 Å². The maximum Gasteiger partial charge on any atom is 0.266 e. The summed E-state index contributed by atoms with van der Waals surface area (Å²) in [6.45, 7) is 6.97. The summed E-state index contributed by atoms with van der Waals surface area (Å²) in [5.41, 5.74) is 0.925. The summed E-state index contributed by atoms with van der Waals surface area (Å²) in [5, 5.41) is 3.87. The lowest BCUT2D eigenvalue weighted by Crippen LogP contribution is -2.31. The lowest BCUT2D eigenvalue weighted by Gasteiger charge is -2.20. The van der Waals surface area contributed by atoms with Gasteiger partial charge in [-0.25, -0.2) is 9.37 Å². The van der Waals surface area contributed by atoms with Crippen molar-refractivity contribution in [3.63, 3.8) is 0 Å². The lowest BCUT2D eigenvalue weighted by atomic mass is 10.1. The number of aromatic nitrogens is 2. The van der Waals surface area contributed by atoms with Crippen LogP contribution < -0.4 is 10.9 Å². The molecule has 3 rings (SSSR count). The molecule has 1 atom stereocenters. The molecular weight excluding hydrogens is 353 g/mol. The molecule has 0 fully saturated rings. The second-order valence-corrected chi connectivity index (χ2v) is 7.16. The van der Waals surface area contributed by atoms with E-state index < -0.39 is 5.82 Å². The van der Waals surface area contributed by atoms with E-state index in [0.717, 1.165) is 6.54 Å². The average molecular weight is 374 g/mol. The Morgan fingerprint density at radius 2 is 1.92 bits per heavy atom. The van der Waals surface area contributed by atoms with Crippen LogP contribution in [0.15, 0.2) is 47.3 Å². The van der Waals surface area contributed by atoms with Crippen LogP contribution in [0.3, 0.4) is 0 Å². The van der Waals surface area contributed by atoms with Crippen LogP contribution in [-0.4, -0.2) is 16.1 Å². The molecule has 0 saturated heterocycles. The molecule has 0 aliphatic heterocycles. The Kier molecular flexibility index (Phi) is 5.39. The van der Waals surface area contributed by atoms with Crippen LogP contribution >= 0.6 is 11.6 Å². The van der Waals surface area contributed by atoms with Gasteiger partial charge in [-0.3, -0.25) is 9.36 Å². The van der Waals surface area contributed by atoms with Gasteiger partial charge in [-0.1, -0.05) is 37.6 Å². The summed E-state index contributed by atoms with van der Waals surface area (Å²) in [5.74, 6) is 0.500. The molecule has 2 aromatic carbocycles. The molecular formula is C20H21ClFN3O. The summed E-state index contributed by atoms with van der Waals surface area (Å²) in [6.07, 6.45) is 0. The predicted molar refractivity (Wildman–Crippen MR) is 104 cm³/mol. The molecule has 0 saturated carbocycles. The van der Waals surface area contributed by atoms with E-state index in [-0.39, 0.29) is 16.6 Å². The molecule has 0 spiro atoms. The summed E-state index contributed by atoms with van der Waals surface area (Å²) in [6, 6.07) is 11.3. The fraction of sp³-hybridized carbons (Fsp3) is 0.300. The van der Waals surface area contributed by atoms with Gasteiger partial charge in [0.15, 0.2) is 0 Å².